The van der Waals surface area contributed by atoms with Crippen LogP contribution in [0.25, 0.3) is 16.8 Å². The fourth-order valence-corrected chi connectivity index (χ4v) is 6.10. The van der Waals surface area contributed by atoms with Gasteiger partial charge in [-0.15, -0.1) is 6.58 Å². The molecule has 5 rings (SSSR count). The molecule has 0 spiro atoms. The topological polar surface area (TPSA) is 28.2 Å². The van der Waals surface area contributed by atoms with Gasteiger partial charge in [-0.2, -0.15) is 0 Å². The van der Waals surface area contributed by atoms with E-state index in [4.69, 9.17) is 4.98 Å². The number of nitrogens with one attached hydrogen (secondary N) is 1. The van der Waals surface area contributed by atoms with E-state index >= 15 is 0 Å². The van der Waals surface area contributed by atoms with E-state index in [0.29, 0.717) is 17.9 Å². The van der Waals surface area contributed by atoms with Crippen LogP contribution in [0.15, 0.2) is 54.9 Å². The Kier molecular flexibility index (Phi) is 4.03. The van der Waals surface area contributed by atoms with Crippen molar-refractivity contribution in [1.29, 1.82) is 0 Å². The summed E-state index contributed by atoms with van der Waals surface area (Å²) in [6.07, 6.45) is 5.35. The molecule has 3 atom stereocenters. The fourth-order valence-electron chi connectivity index (χ4n) is 6.10. The van der Waals surface area contributed by atoms with Crippen LogP contribution in [-0.2, 0) is 5.41 Å². The highest BCUT2D eigenvalue weighted by Crippen LogP contribution is 2.66. The van der Waals surface area contributed by atoms with Crippen LogP contribution in [-0.4, -0.2) is 18.1 Å². The number of benzene rings is 1. The van der Waals surface area contributed by atoms with Crippen LogP contribution in [0.3, 0.4) is 0 Å². The molecule has 1 aromatic heterocycles. The lowest BCUT2D eigenvalue weighted by Gasteiger charge is -2.44. The lowest BCUT2D eigenvalue weighted by molar-refractivity contribution is 0.204. The molecule has 0 amide bonds. The maximum atomic E-state index is 4.92. The van der Waals surface area contributed by atoms with Crippen molar-refractivity contribution in [2.24, 2.45) is 17.3 Å². The number of para-hydroxylation sites is 1. The Hall–Kier alpha value is -2.55. The number of allylic oxidation sites excluding steroid dienone is 2. The highest BCUT2D eigenvalue weighted by atomic mass is 15.3. The van der Waals surface area contributed by atoms with Gasteiger partial charge in [0.2, 0.25) is 0 Å². The van der Waals surface area contributed by atoms with E-state index in [9.17, 15) is 0 Å². The van der Waals surface area contributed by atoms with Crippen molar-refractivity contribution in [1.82, 2.24) is 10.3 Å². The third-order valence-electron chi connectivity index (χ3n) is 8.24. The van der Waals surface area contributed by atoms with Crippen molar-refractivity contribution in [2.45, 2.75) is 52.5 Å². The van der Waals surface area contributed by atoms with Gasteiger partial charge < -0.3 is 10.2 Å². The van der Waals surface area contributed by atoms with E-state index in [1.165, 1.54) is 40.2 Å². The average Bonchev–Trinajstić information content (AvgIpc) is 3.53. The van der Waals surface area contributed by atoms with Gasteiger partial charge in [-0.1, -0.05) is 65.0 Å². The maximum absolute atomic E-state index is 4.92. The van der Waals surface area contributed by atoms with Crippen molar-refractivity contribution in [3.63, 3.8) is 0 Å². The lowest BCUT2D eigenvalue weighted by Crippen LogP contribution is -2.39. The zero-order chi connectivity index (χ0) is 21.4. The normalized spacial score (nSPS) is 29.4. The first-order chi connectivity index (χ1) is 14.3. The van der Waals surface area contributed by atoms with E-state index < -0.39 is 0 Å². The van der Waals surface area contributed by atoms with Crippen LogP contribution < -0.4 is 10.2 Å². The minimum atomic E-state index is -0.0171. The molecule has 0 saturated heterocycles. The quantitative estimate of drug-likeness (QED) is 0.643. The van der Waals surface area contributed by atoms with Crippen LogP contribution in [0.4, 0.5) is 5.69 Å². The molecule has 3 heteroatoms. The first-order valence-corrected chi connectivity index (χ1v) is 11.2. The fraction of sp³-hybridized carbons (Fsp3) is 0.444. The Labute approximate surface area is 180 Å². The van der Waals surface area contributed by atoms with E-state index in [2.05, 4.69) is 87.8 Å². The van der Waals surface area contributed by atoms with E-state index in [-0.39, 0.29) is 10.8 Å². The van der Waals surface area contributed by atoms with Crippen LogP contribution in [0.1, 0.15) is 52.3 Å². The van der Waals surface area contributed by atoms with E-state index in [1.54, 1.807) is 0 Å². The largest absolute Gasteiger partial charge is 0.389 e. The molecule has 0 bridgehead atoms. The molecular formula is C27H33N3. The third kappa shape index (κ3) is 2.24. The molecule has 156 valence electrons. The van der Waals surface area contributed by atoms with Gasteiger partial charge in [-0.25, -0.2) is 0 Å². The zero-order valence-electron chi connectivity index (χ0n) is 19.1. The standard InChI is InChI=1S/C27H33N3/c1-8-27(6)20-15-21(20)30-24-18(11-9-13-19(24)26(27,4)5)17-12-10-14-29-23(17)25(30)22(28-7)16(2)3/h8-14,16,20-21,28H,1,15H2,2-7H3/b25-22-. The van der Waals surface area contributed by atoms with Gasteiger partial charge in [0.1, 0.15) is 0 Å². The first kappa shape index (κ1) is 19.4. The smallest absolute Gasteiger partial charge is 0.0963 e. The van der Waals surface area contributed by atoms with E-state index in [1.807, 2.05) is 13.2 Å². The molecule has 3 unspecified atom stereocenters. The molecule has 3 aliphatic rings. The number of fused-ring (bicyclic) bond motifs is 4. The summed E-state index contributed by atoms with van der Waals surface area (Å²) in [4.78, 5) is 7.57. The summed E-state index contributed by atoms with van der Waals surface area (Å²) >= 11 is 0. The zero-order valence-corrected chi connectivity index (χ0v) is 19.1. The van der Waals surface area contributed by atoms with Gasteiger partial charge in [-0.3, -0.25) is 4.98 Å². The van der Waals surface area contributed by atoms with Crippen LogP contribution in [0.2, 0.25) is 0 Å². The second-order valence-electron chi connectivity index (χ2n) is 10.2. The third-order valence-corrected chi connectivity index (χ3v) is 8.24. The number of pyridine rings is 1. The molecule has 1 saturated carbocycles. The Morgan fingerprint density at radius 1 is 1.20 bits per heavy atom. The molecule has 30 heavy (non-hydrogen) atoms. The Morgan fingerprint density at radius 2 is 1.93 bits per heavy atom. The second kappa shape index (κ2) is 6.23. The number of anilines is 1. The lowest BCUT2D eigenvalue weighted by atomic mass is 9.60. The number of aromatic nitrogens is 1. The minimum absolute atomic E-state index is 0.0171. The van der Waals surface area contributed by atoms with Gasteiger partial charge in [0, 0.05) is 41.5 Å². The first-order valence-electron chi connectivity index (χ1n) is 11.2. The maximum Gasteiger partial charge on any atom is 0.0963 e. The van der Waals surface area contributed by atoms with Crippen molar-refractivity contribution >= 4 is 11.4 Å². The van der Waals surface area contributed by atoms with Crippen molar-refractivity contribution in [3.8, 4) is 11.1 Å². The number of hydrogen-bond acceptors (Lipinski definition) is 3. The summed E-state index contributed by atoms with van der Waals surface area (Å²) in [5, 5.41) is 3.54. The molecule has 3 nitrogen and oxygen atoms in total. The Bertz CT molecular complexity index is 1080. The van der Waals surface area contributed by atoms with Gasteiger partial charge >= 0.3 is 0 Å². The summed E-state index contributed by atoms with van der Waals surface area (Å²) in [5.74, 6) is 0.962. The minimum Gasteiger partial charge on any atom is -0.389 e. The molecule has 2 aliphatic heterocycles. The highest BCUT2D eigenvalue weighted by Gasteiger charge is 2.62. The molecule has 2 aromatic rings. The van der Waals surface area contributed by atoms with Crippen LogP contribution in [0, 0.1) is 17.3 Å². The SMILES string of the molecule is C=CC1(C)C2CC2N2/C(=C(\NC)C(C)C)c3ncccc3-c3cccc(c32)C1(C)C. The van der Waals surface area contributed by atoms with Crippen LogP contribution in [0.5, 0.6) is 0 Å². The summed E-state index contributed by atoms with van der Waals surface area (Å²) in [5.41, 5.74) is 9.00. The average molecular weight is 400 g/mol. The van der Waals surface area contributed by atoms with E-state index in [0.717, 1.165) is 5.69 Å². The second-order valence-corrected chi connectivity index (χ2v) is 10.2. The Morgan fingerprint density at radius 3 is 2.60 bits per heavy atom. The van der Waals surface area contributed by atoms with Gasteiger partial charge in [0.25, 0.3) is 0 Å². The monoisotopic (exact) mass is 399 g/mol. The summed E-state index contributed by atoms with van der Waals surface area (Å²) in [7, 11) is 2.05. The molecule has 1 aliphatic carbocycles. The van der Waals surface area contributed by atoms with Gasteiger partial charge in [-0.05, 0) is 35.3 Å². The number of rotatable bonds is 3. The number of nitrogens with zero attached hydrogens (tertiary/aromatic N) is 2. The molecule has 1 fully saturated rings. The summed E-state index contributed by atoms with van der Waals surface area (Å²) in [6.45, 7) is 16.1. The predicted octanol–water partition coefficient (Wildman–Crippen LogP) is 5.98. The van der Waals surface area contributed by atoms with Crippen molar-refractivity contribution in [3.05, 3.63) is 66.1 Å². The molecular weight excluding hydrogens is 366 g/mol. The van der Waals surface area contributed by atoms with Gasteiger partial charge in [0.15, 0.2) is 0 Å². The molecule has 3 heterocycles. The van der Waals surface area contributed by atoms with Crippen molar-refractivity contribution in [2.75, 3.05) is 11.9 Å². The molecule has 1 N–H and O–H groups in total. The highest BCUT2D eigenvalue weighted by molar-refractivity contribution is 6.01. The summed E-state index contributed by atoms with van der Waals surface area (Å²) in [6, 6.07) is 11.6. The number of hydrogen-bond donors (Lipinski definition) is 1. The predicted molar refractivity (Wildman–Crippen MR) is 126 cm³/mol. The Balaban J connectivity index is 1.93. The van der Waals surface area contributed by atoms with Crippen LogP contribution >= 0.6 is 0 Å². The molecule has 1 aromatic carbocycles. The summed E-state index contributed by atoms with van der Waals surface area (Å²) < 4.78 is 0. The molecule has 0 radical (unpaired) electrons. The van der Waals surface area contributed by atoms with Crippen molar-refractivity contribution < 1.29 is 0 Å². The van der Waals surface area contributed by atoms with Gasteiger partial charge in [0.05, 0.1) is 17.1 Å².